The van der Waals surface area contributed by atoms with Gasteiger partial charge in [-0.05, 0) is 28.1 Å². The Morgan fingerprint density at radius 2 is 1.67 bits per heavy atom. The topological polar surface area (TPSA) is 21.3 Å². The van der Waals surface area contributed by atoms with Gasteiger partial charge in [-0.2, -0.15) is 0 Å². The van der Waals surface area contributed by atoms with E-state index in [1.807, 2.05) is 12.1 Å². The molecule has 2 aromatic carbocycles. The van der Waals surface area contributed by atoms with Crippen LogP contribution in [0.3, 0.4) is 0 Å². The van der Waals surface area contributed by atoms with Crippen molar-refractivity contribution in [3.8, 4) is 5.75 Å². The lowest BCUT2D eigenvalue weighted by molar-refractivity contribution is 0.407. The van der Waals surface area contributed by atoms with Crippen LogP contribution in [-0.4, -0.2) is 7.11 Å². The zero-order valence-electron chi connectivity index (χ0n) is 10.8. The molecule has 2 rings (SSSR count). The summed E-state index contributed by atoms with van der Waals surface area (Å²) in [5, 5.41) is 2.83. The Bertz CT molecular complexity index is 657. The number of hydrogen-bond donors (Lipinski definition) is 1. The molecular weight excluding hydrogens is 415 g/mol. The molecule has 7 heteroatoms. The number of hydrogen-bond acceptors (Lipinski definition) is 2. The smallest absolute Gasteiger partial charge is 0.194 e. The molecule has 1 N–H and O–H groups in total. The van der Waals surface area contributed by atoms with Gasteiger partial charge in [-0.3, -0.25) is 0 Å². The molecule has 112 valence electrons. The van der Waals surface area contributed by atoms with Crippen LogP contribution in [0, 0.1) is 17.5 Å². The molecule has 0 aliphatic carbocycles. The third-order valence-electron chi connectivity index (χ3n) is 2.76. The van der Waals surface area contributed by atoms with Gasteiger partial charge < -0.3 is 10.1 Å². The molecule has 0 aliphatic rings. The second kappa shape index (κ2) is 6.70. The van der Waals surface area contributed by atoms with Crippen molar-refractivity contribution >= 4 is 37.5 Å². The summed E-state index contributed by atoms with van der Waals surface area (Å²) in [6.45, 7) is 0.256. The summed E-state index contributed by atoms with van der Waals surface area (Å²) in [5.41, 5.74) is 0.911. The van der Waals surface area contributed by atoms with Crippen LogP contribution in [0.15, 0.2) is 33.2 Å². The van der Waals surface area contributed by atoms with Crippen molar-refractivity contribution in [3.63, 3.8) is 0 Å². The van der Waals surface area contributed by atoms with Gasteiger partial charge in [0.05, 0.1) is 11.6 Å². The molecule has 2 aromatic rings. The van der Waals surface area contributed by atoms with Gasteiger partial charge in [-0.15, -0.1) is 0 Å². The zero-order valence-corrected chi connectivity index (χ0v) is 14.0. The maximum atomic E-state index is 13.1. The average Bonchev–Trinajstić information content (AvgIpc) is 2.41. The number of halogens is 5. The summed E-state index contributed by atoms with van der Waals surface area (Å²) in [6, 6.07) is 5.43. The minimum Gasteiger partial charge on any atom is -0.495 e. The van der Waals surface area contributed by atoms with E-state index in [-0.39, 0.29) is 12.2 Å². The number of rotatable bonds is 4. The molecule has 0 aromatic heterocycles. The molecule has 0 fully saturated rings. The van der Waals surface area contributed by atoms with E-state index in [9.17, 15) is 13.2 Å². The van der Waals surface area contributed by atoms with E-state index in [4.69, 9.17) is 4.74 Å². The van der Waals surface area contributed by atoms with Crippen LogP contribution < -0.4 is 10.1 Å². The molecule has 0 amide bonds. The van der Waals surface area contributed by atoms with Crippen LogP contribution in [-0.2, 0) is 6.54 Å². The van der Waals surface area contributed by atoms with Crippen molar-refractivity contribution in [3.05, 3.63) is 56.2 Å². The molecule has 0 saturated heterocycles. The fraction of sp³-hybridized carbons (Fsp3) is 0.143. The lowest BCUT2D eigenvalue weighted by Gasteiger charge is -2.13. The summed E-state index contributed by atoms with van der Waals surface area (Å²) in [5.74, 6) is -3.35. The zero-order chi connectivity index (χ0) is 15.6. The predicted octanol–water partition coefficient (Wildman–Crippen LogP) is 5.25. The van der Waals surface area contributed by atoms with Gasteiger partial charge in [0.1, 0.15) is 5.75 Å². The molecule has 2 nitrogen and oxygen atoms in total. The normalized spacial score (nSPS) is 10.6. The minimum absolute atomic E-state index is 0.143. The van der Waals surface area contributed by atoms with Crippen molar-refractivity contribution in [1.29, 1.82) is 0 Å². The fourth-order valence-electron chi connectivity index (χ4n) is 1.83. The summed E-state index contributed by atoms with van der Waals surface area (Å²) >= 11 is 6.72. The van der Waals surface area contributed by atoms with Crippen molar-refractivity contribution in [2.75, 3.05) is 12.4 Å². The highest BCUT2D eigenvalue weighted by Crippen LogP contribution is 2.33. The minimum atomic E-state index is -1.48. The van der Waals surface area contributed by atoms with Gasteiger partial charge in [0.15, 0.2) is 17.5 Å². The Balaban J connectivity index is 2.24. The van der Waals surface area contributed by atoms with Crippen molar-refractivity contribution < 1.29 is 17.9 Å². The lowest BCUT2D eigenvalue weighted by Crippen LogP contribution is -2.04. The third-order valence-corrected chi connectivity index (χ3v) is 3.80. The number of anilines is 1. The highest BCUT2D eigenvalue weighted by Gasteiger charge is 2.12. The third kappa shape index (κ3) is 3.71. The highest BCUT2D eigenvalue weighted by molar-refractivity contribution is 9.11. The van der Waals surface area contributed by atoms with Gasteiger partial charge in [0.2, 0.25) is 0 Å². The summed E-state index contributed by atoms with van der Waals surface area (Å²) in [6.07, 6.45) is 0. The standard InChI is InChI=1S/C14H10Br2F3NO/c1-21-14-7(2-8(15)3-10(14)16)6-20-9-4-11(17)13(19)12(18)5-9/h2-5,20H,6H2,1H3. The number of methoxy groups -OCH3 is 1. The van der Waals surface area contributed by atoms with Crippen LogP contribution in [0.5, 0.6) is 5.75 Å². The molecule has 0 atom stereocenters. The largest absolute Gasteiger partial charge is 0.495 e. The molecule has 21 heavy (non-hydrogen) atoms. The number of benzene rings is 2. The van der Waals surface area contributed by atoms with Crippen LogP contribution >= 0.6 is 31.9 Å². The first-order valence-electron chi connectivity index (χ1n) is 5.82. The van der Waals surface area contributed by atoms with E-state index in [1.54, 1.807) is 0 Å². The molecule has 0 heterocycles. The van der Waals surface area contributed by atoms with Crippen LogP contribution in [0.1, 0.15) is 5.56 Å². The van der Waals surface area contributed by atoms with Gasteiger partial charge in [-0.25, -0.2) is 13.2 Å². The van der Waals surface area contributed by atoms with E-state index in [0.717, 1.165) is 26.6 Å². The summed E-state index contributed by atoms with van der Waals surface area (Å²) in [7, 11) is 1.52. The van der Waals surface area contributed by atoms with E-state index in [2.05, 4.69) is 37.2 Å². The predicted molar refractivity (Wildman–Crippen MR) is 82.0 cm³/mol. The first kappa shape index (κ1) is 16.2. The summed E-state index contributed by atoms with van der Waals surface area (Å²) < 4.78 is 46.0. The Labute approximate surface area is 136 Å². The second-order valence-electron chi connectivity index (χ2n) is 4.19. The van der Waals surface area contributed by atoms with E-state index >= 15 is 0 Å². The van der Waals surface area contributed by atoms with Crippen molar-refractivity contribution in [1.82, 2.24) is 0 Å². The molecule has 0 radical (unpaired) electrons. The maximum absolute atomic E-state index is 13.1. The maximum Gasteiger partial charge on any atom is 0.194 e. The van der Waals surface area contributed by atoms with E-state index in [0.29, 0.717) is 5.75 Å². The van der Waals surface area contributed by atoms with Gasteiger partial charge >= 0.3 is 0 Å². The number of ether oxygens (including phenoxy) is 1. The van der Waals surface area contributed by atoms with Gasteiger partial charge in [-0.1, -0.05) is 15.9 Å². The van der Waals surface area contributed by atoms with Crippen LogP contribution in [0.4, 0.5) is 18.9 Å². The Kier molecular flexibility index (Phi) is 5.16. The second-order valence-corrected chi connectivity index (χ2v) is 5.96. The molecule has 0 unspecified atom stereocenters. The molecule has 0 saturated carbocycles. The average molecular weight is 425 g/mol. The molecule has 0 bridgehead atoms. The summed E-state index contributed by atoms with van der Waals surface area (Å²) in [4.78, 5) is 0. The van der Waals surface area contributed by atoms with Crippen LogP contribution in [0.2, 0.25) is 0 Å². The SMILES string of the molecule is COc1c(Br)cc(Br)cc1CNc1cc(F)c(F)c(F)c1. The van der Waals surface area contributed by atoms with Crippen LogP contribution in [0.25, 0.3) is 0 Å². The lowest BCUT2D eigenvalue weighted by atomic mass is 10.2. The highest BCUT2D eigenvalue weighted by atomic mass is 79.9. The molecule has 0 aliphatic heterocycles. The molecular formula is C14H10Br2F3NO. The van der Waals surface area contributed by atoms with Crippen molar-refractivity contribution in [2.24, 2.45) is 0 Å². The Hall–Kier alpha value is -1.21. The van der Waals surface area contributed by atoms with Gasteiger partial charge in [0.25, 0.3) is 0 Å². The van der Waals surface area contributed by atoms with E-state index in [1.165, 1.54) is 7.11 Å². The fourth-order valence-corrected chi connectivity index (χ4v) is 3.30. The van der Waals surface area contributed by atoms with Gasteiger partial charge in [0, 0.05) is 34.4 Å². The monoisotopic (exact) mass is 423 g/mol. The first-order chi connectivity index (χ1) is 9.92. The van der Waals surface area contributed by atoms with E-state index < -0.39 is 17.5 Å². The first-order valence-corrected chi connectivity index (χ1v) is 7.41. The van der Waals surface area contributed by atoms with Crippen molar-refractivity contribution in [2.45, 2.75) is 6.54 Å². The molecule has 0 spiro atoms. The number of nitrogens with one attached hydrogen (secondary N) is 1. The Morgan fingerprint density at radius 3 is 2.24 bits per heavy atom. The quantitative estimate of drug-likeness (QED) is 0.677. The Morgan fingerprint density at radius 1 is 1.05 bits per heavy atom.